The fourth-order valence-electron chi connectivity index (χ4n) is 2.66. The van der Waals surface area contributed by atoms with Gasteiger partial charge in [-0.25, -0.2) is 9.59 Å². The lowest BCUT2D eigenvalue weighted by Crippen LogP contribution is -2.47. The second-order valence-electron chi connectivity index (χ2n) is 7.24. The van der Waals surface area contributed by atoms with E-state index in [4.69, 9.17) is 14.2 Å². The van der Waals surface area contributed by atoms with Gasteiger partial charge in [0.05, 0.1) is 25.3 Å². The van der Waals surface area contributed by atoms with Crippen molar-refractivity contribution in [3.8, 4) is 0 Å². The Hall–Kier alpha value is -2.08. The first-order chi connectivity index (χ1) is 11.0. The predicted octanol–water partition coefficient (Wildman–Crippen LogP) is 3.52. The minimum absolute atomic E-state index is 0.276. The van der Waals surface area contributed by atoms with Crippen LogP contribution < -0.4 is 0 Å². The molecular formula is C18H25NO5. The maximum absolute atomic E-state index is 12.6. The highest BCUT2D eigenvalue weighted by Gasteiger charge is 2.46. The van der Waals surface area contributed by atoms with Crippen molar-refractivity contribution in [2.24, 2.45) is 0 Å². The highest BCUT2D eigenvalue weighted by Crippen LogP contribution is 2.38. The zero-order chi connectivity index (χ0) is 18.1. The molecule has 1 atom stereocenters. The molecule has 0 saturated carbocycles. The van der Waals surface area contributed by atoms with Crippen LogP contribution in [-0.2, 0) is 14.2 Å². The van der Waals surface area contributed by atoms with Crippen molar-refractivity contribution in [3.63, 3.8) is 0 Å². The fraction of sp³-hybridized carbons (Fsp3) is 0.556. The molecule has 1 heterocycles. The van der Waals surface area contributed by atoms with Crippen molar-refractivity contribution in [2.75, 3.05) is 13.7 Å². The zero-order valence-corrected chi connectivity index (χ0v) is 15.1. The van der Waals surface area contributed by atoms with E-state index in [1.807, 2.05) is 34.6 Å². The lowest BCUT2D eigenvalue weighted by Gasteiger charge is -2.35. The van der Waals surface area contributed by atoms with Gasteiger partial charge >= 0.3 is 12.1 Å². The summed E-state index contributed by atoms with van der Waals surface area (Å²) < 4.78 is 16.0. The second kappa shape index (κ2) is 6.43. The van der Waals surface area contributed by atoms with E-state index in [-0.39, 0.29) is 6.04 Å². The van der Waals surface area contributed by atoms with Crippen LogP contribution in [0.25, 0.3) is 0 Å². The molecule has 24 heavy (non-hydrogen) atoms. The number of hydrogen-bond acceptors (Lipinski definition) is 5. The molecule has 1 aromatic rings. The quantitative estimate of drug-likeness (QED) is 0.774. The molecule has 1 amide bonds. The highest BCUT2D eigenvalue weighted by molar-refractivity contribution is 5.89. The molecule has 0 unspecified atom stereocenters. The largest absolute Gasteiger partial charge is 0.465 e. The smallest absolute Gasteiger partial charge is 0.413 e. The van der Waals surface area contributed by atoms with Crippen LogP contribution >= 0.6 is 0 Å². The summed E-state index contributed by atoms with van der Waals surface area (Å²) in [5.74, 6) is -0.395. The maximum atomic E-state index is 12.6. The van der Waals surface area contributed by atoms with Gasteiger partial charge in [-0.3, -0.25) is 4.90 Å². The molecule has 0 aliphatic carbocycles. The first kappa shape index (κ1) is 18.3. The highest BCUT2D eigenvalue weighted by atomic mass is 16.6. The lowest BCUT2D eigenvalue weighted by molar-refractivity contribution is -0.0626. The molecule has 1 aromatic carbocycles. The SMILES string of the molecule is COC(=O)c1ccc([C@H]2COC(C)(C)N2C(=O)OC(C)(C)C)cc1. The standard InChI is InChI=1S/C18H25NO5/c1-17(2,3)24-16(21)19-14(11-23-18(19,4)5)12-7-9-13(10-8-12)15(20)22-6/h7-10,14H,11H2,1-6H3/t14-/m1/s1. The van der Waals surface area contributed by atoms with Crippen molar-refractivity contribution in [1.29, 1.82) is 0 Å². The molecule has 0 bridgehead atoms. The average Bonchev–Trinajstić information content (AvgIpc) is 2.80. The number of methoxy groups -OCH3 is 1. The van der Waals surface area contributed by atoms with Crippen molar-refractivity contribution in [3.05, 3.63) is 35.4 Å². The summed E-state index contributed by atoms with van der Waals surface area (Å²) in [6.45, 7) is 9.52. The Morgan fingerprint density at radius 2 is 1.79 bits per heavy atom. The molecule has 0 aromatic heterocycles. The third-order valence-electron chi connectivity index (χ3n) is 3.79. The lowest BCUT2D eigenvalue weighted by atomic mass is 10.0. The minimum Gasteiger partial charge on any atom is -0.465 e. The molecule has 2 rings (SSSR count). The van der Waals surface area contributed by atoms with Gasteiger partial charge < -0.3 is 14.2 Å². The number of benzene rings is 1. The number of esters is 1. The minimum atomic E-state index is -0.770. The summed E-state index contributed by atoms with van der Waals surface area (Å²) in [6.07, 6.45) is -0.424. The van der Waals surface area contributed by atoms with Crippen molar-refractivity contribution in [2.45, 2.75) is 52.0 Å². The Kier molecular flexibility index (Phi) is 4.90. The van der Waals surface area contributed by atoms with Crippen LogP contribution in [0.5, 0.6) is 0 Å². The summed E-state index contributed by atoms with van der Waals surface area (Å²) >= 11 is 0. The Bertz CT molecular complexity index is 615. The van der Waals surface area contributed by atoms with Crippen LogP contribution in [0, 0.1) is 0 Å². The topological polar surface area (TPSA) is 65.1 Å². The predicted molar refractivity (Wildman–Crippen MR) is 88.6 cm³/mol. The number of rotatable bonds is 2. The molecule has 132 valence electrons. The number of carbonyl (C=O) groups excluding carboxylic acids is 2. The summed E-state index contributed by atoms with van der Waals surface area (Å²) in [6, 6.07) is 6.69. The van der Waals surface area contributed by atoms with Crippen LogP contribution in [0.2, 0.25) is 0 Å². The van der Waals surface area contributed by atoms with Gasteiger partial charge in [-0.05, 0) is 52.3 Å². The molecular weight excluding hydrogens is 310 g/mol. The summed E-state index contributed by atoms with van der Waals surface area (Å²) in [5.41, 5.74) is -0.0226. The monoisotopic (exact) mass is 335 g/mol. The van der Waals surface area contributed by atoms with Crippen molar-refractivity contribution in [1.82, 2.24) is 4.90 Å². The Morgan fingerprint density at radius 1 is 1.21 bits per heavy atom. The average molecular weight is 335 g/mol. The van der Waals surface area contributed by atoms with Crippen molar-refractivity contribution < 1.29 is 23.8 Å². The first-order valence-corrected chi connectivity index (χ1v) is 7.90. The molecule has 1 saturated heterocycles. The van der Waals surface area contributed by atoms with E-state index in [1.165, 1.54) is 7.11 Å². The van der Waals surface area contributed by atoms with Gasteiger partial charge in [-0.2, -0.15) is 0 Å². The number of hydrogen-bond donors (Lipinski definition) is 0. The Labute approximate surface area is 142 Å². The maximum Gasteiger partial charge on any atom is 0.413 e. The van der Waals surface area contributed by atoms with E-state index in [0.29, 0.717) is 12.2 Å². The third-order valence-corrected chi connectivity index (χ3v) is 3.79. The van der Waals surface area contributed by atoms with Crippen LogP contribution in [0.4, 0.5) is 4.79 Å². The van der Waals surface area contributed by atoms with Gasteiger partial charge in [0, 0.05) is 0 Å². The van der Waals surface area contributed by atoms with E-state index in [1.54, 1.807) is 29.2 Å². The van der Waals surface area contributed by atoms with Gasteiger partial charge in [-0.15, -0.1) is 0 Å². The van der Waals surface area contributed by atoms with Crippen LogP contribution in [0.1, 0.15) is 56.6 Å². The molecule has 6 heteroatoms. The second-order valence-corrected chi connectivity index (χ2v) is 7.24. The van der Waals surface area contributed by atoms with Gasteiger partial charge in [-0.1, -0.05) is 12.1 Å². The molecule has 1 fully saturated rings. The van der Waals surface area contributed by atoms with Crippen molar-refractivity contribution >= 4 is 12.1 Å². The summed E-state index contributed by atoms with van der Waals surface area (Å²) in [7, 11) is 1.34. The zero-order valence-electron chi connectivity index (χ0n) is 15.1. The van der Waals surface area contributed by atoms with E-state index < -0.39 is 23.4 Å². The van der Waals surface area contributed by atoms with E-state index >= 15 is 0 Å². The van der Waals surface area contributed by atoms with Crippen LogP contribution in [0.3, 0.4) is 0 Å². The molecule has 1 aliphatic heterocycles. The van der Waals surface area contributed by atoms with Gasteiger partial charge in [0.15, 0.2) is 0 Å². The molecule has 6 nitrogen and oxygen atoms in total. The number of amides is 1. The van der Waals surface area contributed by atoms with E-state index in [9.17, 15) is 9.59 Å². The fourth-order valence-corrected chi connectivity index (χ4v) is 2.66. The van der Waals surface area contributed by atoms with Crippen LogP contribution in [0.15, 0.2) is 24.3 Å². The number of nitrogens with zero attached hydrogens (tertiary/aromatic N) is 1. The molecule has 0 N–H and O–H groups in total. The molecule has 0 radical (unpaired) electrons. The Balaban J connectivity index is 2.27. The van der Waals surface area contributed by atoms with E-state index in [2.05, 4.69) is 0 Å². The molecule has 0 spiro atoms. The van der Waals surface area contributed by atoms with Gasteiger partial charge in [0.25, 0.3) is 0 Å². The summed E-state index contributed by atoms with van der Waals surface area (Å²) in [4.78, 5) is 25.8. The first-order valence-electron chi connectivity index (χ1n) is 7.90. The van der Waals surface area contributed by atoms with Gasteiger partial charge in [0.1, 0.15) is 11.3 Å². The number of ether oxygens (including phenoxy) is 3. The van der Waals surface area contributed by atoms with E-state index in [0.717, 1.165) is 5.56 Å². The number of carbonyl (C=O) groups is 2. The van der Waals surface area contributed by atoms with Crippen LogP contribution in [-0.4, -0.2) is 42.0 Å². The normalized spacial score (nSPS) is 19.9. The Morgan fingerprint density at radius 3 is 2.29 bits per heavy atom. The van der Waals surface area contributed by atoms with Gasteiger partial charge in [0.2, 0.25) is 0 Å². The molecule has 1 aliphatic rings. The summed E-state index contributed by atoms with van der Waals surface area (Å²) in [5, 5.41) is 0. The third kappa shape index (κ3) is 3.87.